The summed E-state index contributed by atoms with van der Waals surface area (Å²) >= 11 is 0. The number of carboxylic acids is 1. The summed E-state index contributed by atoms with van der Waals surface area (Å²) in [4.78, 5) is 23.7. The van der Waals surface area contributed by atoms with E-state index in [1.54, 1.807) is 6.92 Å². The molecule has 0 fully saturated rings. The van der Waals surface area contributed by atoms with Crippen molar-refractivity contribution in [2.45, 2.75) is 26.7 Å². The third kappa shape index (κ3) is 2.72. The van der Waals surface area contributed by atoms with E-state index in [1.807, 2.05) is 13.8 Å². The van der Waals surface area contributed by atoms with E-state index in [0.717, 1.165) is 5.56 Å². The number of carbonyl (C=O) groups is 1. The summed E-state index contributed by atoms with van der Waals surface area (Å²) in [5.74, 6) is -1.61. The SMILES string of the molecule is Cc1c(C(C)C)cc(C(=O)O)c(=O)n1-c1ccc(F)cc1. The Bertz CT molecular complexity index is 745. The fraction of sp³-hybridized carbons (Fsp3) is 0.250. The molecule has 0 bridgehead atoms. The van der Waals surface area contributed by atoms with E-state index >= 15 is 0 Å². The Kier molecular flexibility index (Phi) is 3.93. The van der Waals surface area contributed by atoms with Gasteiger partial charge >= 0.3 is 5.97 Å². The van der Waals surface area contributed by atoms with Crippen LogP contribution in [0.1, 0.15) is 41.4 Å². The molecule has 0 saturated heterocycles. The highest BCUT2D eigenvalue weighted by Crippen LogP contribution is 2.21. The predicted octanol–water partition coefficient (Wildman–Crippen LogP) is 3.11. The van der Waals surface area contributed by atoms with Crippen LogP contribution in [0.5, 0.6) is 0 Å². The number of aromatic carboxylic acids is 1. The maximum atomic E-state index is 13.0. The summed E-state index contributed by atoms with van der Waals surface area (Å²) < 4.78 is 14.4. The standard InChI is InChI=1S/C16H16FNO3/c1-9(2)13-8-14(16(20)21)15(19)18(10(13)3)12-6-4-11(17)5-7-12/h4-9H,1-3H3,(H,20,21). The molecule has 21 heavy (non-hydrogen) atoms. The molecule has 4 nitrogen and oxygen atoms in total. The number of halogens is 1. The highest BCUT2D eigenvalue weighted by atomic mass is 19.1. The van der Waals surface area contributed by atoms with Crippen molar-refractivity contribution < 1.29 is 14.3 Å². The zero-order valence-electron chi connectivity index (χ0n) is 12.1. The second-order valence-electron chi connectivity index (χ2n) is 5.18. The fourth-order valence-corrected chi connectivity index (χ4v) is 2.36. The number of hydrogen-bond donors (Lipinski definition) is 1. The Morgan fingerprint density at radius 2 is 1.81 bits per heavy atom. The summed E-state index contributed by atoms with van der Waals surface area (Å²) in [7, 11) is 0. The molecule has 1 heterocycles. The first-order valence-electron chi connectivity index (χ1n) is 6.58. The first-order chi connectivity index (χ1) is 9.82. The Balaban J connectivity index is 2.83. The zero-order chi connectivity index (χ0) is 15.7. The van der Waals surface area contributed by atoms with Crippen molar-refractivity contribution in [3.63, 3.8) is 0 Å². The van der Waals surface area contributed by atoms with Gasteiger partial charge in [-0.3, -0.25) is 9.36 Å². The third-order valence-corrected chi connectivity index (χ3v) is 3.42. The van der Waals surface area contributed by atoms with Gasteiger partial charge in [0.15, 0.2) is 0 Å². The van der Waals surface area contributed by atoms with Gasteiger partial charge in [0.25, 0.3) is 5.56 Å². The van der Waals surface area contributed by atoms with E-state index in [1.165, 1.54) is 34.9 Å². The van der Waals surface area contributed by atoms with Crippen molar-refractivity contribution in [2.75, 3.05) is 0 Å². The fourth-order valence-electron chi connectivity index (χ4n) is 2.36. The first-order valence-corrected chi connectivity index (χ1v) is 6.58. The van der Waals surface area contributed by atoms with Crippen LogP contribution in [0.15, 0.2) is 35.1 Å². The highest BCUT2D eigenvalue weighted by Gasteiger charge is 2.19. The Morgan fingerprint density at radius 1 is 1.24 bits per heavy atom. The van der Waals surface area contributed by atoms with Gasteiger partial charge in [0, 0.05) is 11.4 Å². The molecule has 0 spiro atoms. The van der Waals surface area contributed by atoms with Crippen molar-refractivity contribution in [1.29, 1.82) is 0 Å². The van der Waals surface area contributed by atoms with Crippen LogP contribution in [-0.4, -0.2) is 15.6 Å². The van der Waals surface area contributed by atoms with E-state index in [-0.39, 0.29) is 11.5 Å². The van der Waals surface area contributed by atoms with Gasteiger partial charge in [0.2, 0.25) is 0 Å². The predicted molar refractivity (Wildman–Crippen MR) is 77.8 cm³/mol. The molecule has 0 radical (unpaired) electrons. The third-order valence-electron chi connectivity index (χ3n) is 3.42. The van der Waals surface area contributed by atoms with Crippen LogP contribution >= 0.6 is 0 Å². The Labute approximate surface area is 121 Å². The average molecular weight is 289 g/mol. The molecule has 1 aromatic carbocycles. The molecule has 5 heteroatoms. The Hall–Kier alpha value is -2.43. The van der Waals surface area contributed by atoms with Crippen LogP contribution < -0.4 is 5.56 Å². The number of hydrogen-bond acceptors (Lipinski definition) is 2. The van der Waals surface area contributed by atoms with Crippen LogP contribution in [0, 0.1) is 12.7 Å². The van der Waals surface area contributed by atoms with Crippen LogP contribution in [0.2, 0.25) is 0 Å². The molecule has 0 saturated carbocycles. The molecule has 1 aromatic heterocycles. The maximum absolute atomic E-state index is 13.0. The number of pyridine rings is 1. The number of rotatable bonds is 3. The Morgan fingerprint density at radius 3 is 2.29 bits per heavy atom. The van der Waals surface area contributed by atoms with Gasteiger partial charge in [-0.05, 0) is 48.7 Å². The summed E-state index contributed by atoms with van der Waals surface area (Å²) in [5.41, 5.74) is 0.983. The van der Waals surface area contributed by atoms with Gasteiger partial charge in [0.1, 0.15) is 11.4 Å². The minimum absolute atomic E-state index is 0.0652. The lowest BCUT2D eigenvalue weighted by Gasteiger charge is -2.17. The van der Waals surface area contributed by atoms with Crippen LogP contribution in [0.3, 0.4) is 0 Å². The van der Waals surface area contributed by atoms with Gasteiger partial charge < -0.3 is 5.11 Å². The van der Waals surface area contributed by atoms with Gasteiger partial charge in [0.05, 0.1) is 0 Å². The second kappa shape index (κ2) is 5.52. The summed E-state index contributed by atoms with van der Waals surface area (Å²) in [6.07, 6.45) is 0. The number of aromatic nitrogens is 1. The number of benzene rings is 1. The topological polar surface area (TPSA) is 59.3 Å². The lowest BCUT2D eigenvalue weighted by molar-refractivity contribution is 0.0694. The smallest absolute Gasteiger partial charge is 0.341 e. The van der Waals surface area contributed by atoms with E-state index in [4.69, 9.17) is 0 Å². The minimum atomic E-state index is -1.27. The van der Waals surface area contributed by atoms with Crippen molar-refractivity contribution in [3.8, 4) is 5.69 Å². The minimum Gasteiger partial charge on any atom is -0.477 e. The van der Waals surface area contributed by atoms with Crippen molar-refractivity contribution in [3.05, 3.63) is 63.3 Å². The normalized spacial score (nSPS) is 10.9. The van der Waals surface area contributed by atoms with Gasteiger partial charge in [-0.25, -0.2) is 9.18 Å². The molecule has 2 rings (SSSR count). The molecule has 0 aliphatic heterocycles. The largest absolute Gasteiger partial charge is 0.477 e. The molecule has 2 aromatic rings. The molecule has 1 N–H and O–H groups in total. The van der Waals surface area contributed by atoms with Gasteiger partial charge in [-0.2, -0.15) is 0 Å². The quantitative estimate of drug-likeness (QED) is 0.944. The molecule has 0 amide bonds. The van der Waals surface area contributed by atoms with Crippen LogP contribution in [-0.2, 0) is 0 Å². The molecule has 0 atom stereocenters. The lowest BCUT2D eigenvalue weighted by atomic mass is 9.99. The molecule has 0 unspecified atom stereocenters. The molecular formula is C16H16FNO3. The van der Waals surface area contributed by atoms with E-state index in [2.05, 4.69) is 0 Å². The zero-order valence-corrected chi connectivity index (χ0v) is 12.1. The molecule has 0 aliphatic carbocycles. The van der Waals surface area contributed by atoms with Gasteiger partial charge in [-0.15, -0.1) is 0 Å². The van der Waals surface area contributed by atoms with Crippen molar-refractivity contribution in [2.24, 2.45) is 0 Å². The summed E-state index contributed by atoms with van der Waals surface area (Å²) in [6, 6.07) is 6.82. The van der Waals surface area contributed by atoms with Crippen molar-refractivity contribution >= 4 is 5.97 Å². The molecular weight excluding hydrogens is 273 g/mol. The average Bonchev–Trinajstić information content (AvgIpc) is 2.40. The summed E-state index contributed by atoms with van der Waals surface area (Å²) in [5, 5.41) is 9.20. The van der Waals surface area contributed by atoms with Crippen LogP contribution in [0.25, 0.3) is 5.69 Å². The van der Waals surface area contributed by atoms with Gasteiger partial charge in [-0.1, -0.05) is 13.8 Å². The van der Waals surface area contributed by atoms with E-state index < -0.39 is 17.3 Å². The lowest BCUT2D eigenvalue weighted by Crippen LogP contribution is -2.28. The van der Waals surface area contributed by atoms with E-state index in [9.17, 15) is 19.1 Å². The summed E-state index contributed by atoms with van der Waals surface area (Å²) in [6.45, 7) is 5.60. The number of nitrogens with zero attached hydrogens (tertiary/aromatic N) is 1. The van der Waals surface area contributed by atoms with Crippen LogP contribution in [0.4, 0.5) is 4.39 Å². The van der Waals surface area contributed by atoms with E-state index in [0.29, 0.717) is 11.4 Å². The molecule has 0 aliphatic rings. The van der Waals surface area contributed by atoms with Crippen molar-refractivity contribution in [1.82, 2.24) is 4.57 Å². The first kappa shape index (κ1) is 15.0. The second-order valence-corrected chi connectivity index (χ2v) is 5.18. The molecule has 110 valence electrons. The monoisotopic (exact) mass is 289 g/mol. The maximum Gasteiger partial charge on any atom is 0.341 e. The number of carboxylic acid groups (broad SMARTS) is 1. The highest BCUT2D eigenvalue weighted by molar-refractivity contribution is 5.87.